The number of imide groups is 1. The van der Waals surface area contributed by atoms with Gasteiger partial charge in [0.1, 0.15) is 17.5 Å². The van der Waals surface area contributed by atoms with Crippen LogP contribution >= 0.6 is 34.7 Å². The van der Waals surface area contributed by atoms with Crippen molar-refractivity contribution in [1.29, 1.82) is 0 Å². The zero-order chi connectivity index (χ0) is 28.0. The van der Waals surface area contributed by atoms with E-state index in [0.717, 1.165) is 16.9 Å². The lowest BCUT2D eigenvalue weighted by Crippen LogP contribution is -2.33. The monoisotopic (exact) mass is 591 g/mol. The van der Waals surface area contributed by atoms with E-state index in [0.29, 0.717) is 32.1 Å². The average molecular weight is 592 g/mol. The van der Waals surface area contributed by atoms with E-state index in [4.69, 9.17) is 16.3 Å². The Labute approximate surface area is 242 Å². The van der Waals surface area contributed by atoms with Gasteiger partial charge >= 0.3 is 4.87 Å². The van der Waals surface area contributed by atoms with Crippen molar-refractivity contribution in [3.8, 4) is 5.75 Å². The molecule has 0 spiro atoms. The number of amides is 3. The van der Waals surface area contributed by atoms with Crippen LogP contribution in [0.4, 0.5) is 11.4 Å². The Bertz CT molecular complexity index is 1670. The molecule has 8 nitrogen and oxygen atoms in total. The molecule has 40 heavy (non-hydrogen) atoms. The van der Waals surface area contributed by atoms with Crippen molar-refractivity contribution in [3.63, 3.8) is 0 Å². The third-order valence-electron chi connectivity index (χ3n) is 6.97. The van der Waals surface area contributed by atoms with Gasteiger partial charge in [0.25, 0.3) is 0 Å². The number of methoxy groups -OCH3 is 1. The number of carbonyl (C=O) groups is 3. The fourth-order valence-corrected chi connectivity index (χ4v) is 8.04. The zero-order valence-electron chi connectivity index (χ0n) is 21.1. The summed E-state index contributed by atoms with van der Waals surface area (Å²) in [6.07, 6.45) is 0. The Balaban J connectivity index is 1.41. The van der Waals surface area contributed by atoms with E-state index in [2.05, 4.69) is 5.32 Å². The highest BCUT2D eigenvalue weighted by molar-refractivity contribution is 8.00. The minimum absolute atomic E-state index is 0.221. The third-order valence-corrected chi connectivity index (χ3v) is 9.82. The second kappa shape index (κ2) is 10.6. The summed E-state index contributed by atoms with van der Waals surface area (Å²) in [6, 6.07) is 22.8. The van der Waals surface area contributed by atoms with E-state index in [1.54, 1.807) is 67.8 Å². The van der Waals surface area contributed by atoms with E-state index < -0.39 is 17.1 Å². The smallest absolute Gasteiger partial charge is 0.308 e. The Morgan fingerprint density at radius 2 is 1.65 bits per heavy atom. The maximum atomic E-state index is 13.9. The molecule has 1 fully saturated rings. The zero-order valence-corrected chi connectivity index (χ0v) is 23.5. The summed E-state index contributed by atoms with van der Waals surface area (Å²) in [4.78, 5) is 55.4. The minimum Gasteiger partial charge on any atom is -0.497 e. The average Bonchev–Trinajstić information content (AvgIpc) is 3.40. The van der Waals surface area contributed by atoms with Gasteiger partial charge in [0, 0.05) is 21.5 Å². The highest BCUT2D eigenvalue weighted by Gasteiger charge is 2.56. The van der Waals surface area contributed by atoms with Gasteiger partial charge < -0.3 is 10.1 Å². The fraction of sp³-hybridized carbons (Fsp3) is 0.172. The highest BCUT2D eigenvalue weighted by atomic mass is 35.5. The molecule has 4 aromatic rings. The summed E-state index contributed by atoms with van der Waals surface area (Å²) in [6.45, 7) is -0.221. The third kappa shape index (κ3) is 4.61. The van der Waals surface area contributed by atoms with E-state index in [1.165, 1.54) is 21.2 Å². The first-order chi connectivity index (χ1) is 19.4. The SMILES string of the molecule is COc1ccc(N2C(=O)C3Sc4c(sc(=O)n4CC(=O)Nc4ccccc4)C(c4ccc(Cl)cc4)C3C2=O)cc1. The number of thiazole rings is 1. The summed E-state index contributed by atoms with van der Waals surface area (Å²) in [7, 11) is 1.54. The molecule has 3 aromatic carbocycles. The van der Waals surface area contributed by atoms with Crippen LogP contribution in [0.25, 0.3) is 0 Å². The summed E-state index contributed by atoms with van der Waals surface area (Å²) in [5.74, 6) is -1.77. The van der Waals surface area contributed by atoms with Crippen molar-refractivity contribution in [3.05, 3.63) is 104 Å². The number of thioether (sulfide) groups is 1. The maximum Gasteiger partial charge on any atom is 0.308 e. The number of hydrogen-bond acceptors (Lipinski definition) is 7. The summed E-state index contributed by atoms with van der Waals surface area (Å²) >= 11 is 8.33. The van der Waals surface area contributed by atoms with Gasteiger partial charge in [0.05, 0.1) is 23.7 Å². The molecule has 3 atom stereocenters. The Morgan fingerprint density at radius 3 is 2.33 bits per heavy atom. The van der Waals surface area contributed by atoms with Crippen molar-refractivity contribution in [1.82, 2.24) is 4.57 Å². The van der Waals surface area contributed by atoms with E-state index in [1.807, 2.05) is 18.2 Å². The number of anilines is 2. The van der Waals surface area contributed by atoms with Gasteiger partial charge in [-0.05, 0) is 54.1 Å². The van der Waals surface area contributed by atoms with Gasteiger partial charge in [0.2, 0.25) is 17.7 Å². The summed E-state index contributed by atoms with van der Waals surface area (Å²) in [5.41, 5.74) is 1.83. The van der Waals surface area contributed by atoms with Gasteiger partial charge in [0.15, 0.2) is 0 Å². The molecule has 202 valence electrons. The molecule has 3 amide bonds. The molecule has 0 radical (unpaired) electrons. The maximum absolute atomic E-state index is 13.9. The molecule has 1 N–H and O–H groups in total. The summed E-state index contributed by atoms with van der Waals surface area (Å²) in [5, 5.41) is 3.08. The molecular weight excluding hydrogens is 570 g/mol. The molecule has 2 aliphatic heterocycles. The molecule has 6 rings (SSSR count). The number of carbonyl (C=O) groups excluding carboxylic acids is 3. The normalized spacial score (nSPS) is 19.8. The number of rotatable bonds is 6. The number of halogens is 1. The van der Waals surface area contributed by atoms with Crippen LogP contribution in [0.1, 0.15) is 16.4 Å². The van der Waals surface area contributed by atoms with Crippen LogP contribution in [-0.2, 0) is 20.9 Å². The van der Waals surface area contributed by atoms with Crippen LogP contribution in [-0.4, -0.2) is 34.6 Å². The Hall–Kier alpha value is -3.86. The first-order valence-electron chi connectivity index (χ1n) is 12.4. The van der Waals surface area contributed by atoms with E-state index >= 15 is 0 Å². The van der Waals surface area contributed by atoms with Crippen LogP contribution in [0.2, 0.25) is 5.02 Å². The lowest BCUT2D eigenvalue weighted by molar-refractivity contribution is -0.122. The number of ether oxygens (including phenoxy) is 1. The van der Waals surface area contributed by atoms with E-state index in [9.17, 15) is 19.2 Å². The number of hydrogen-bond donors (Lipinski definition) is 1. The van der Waals surface area contributed by atoms with Crippen molar-refractivity contribution >= 4 is 63.8 Å². The van der Waals surface area contributed by atoms with Gasteiger partial charge in [-0.15, -0.1) is 0 Å². The molecule has 11 heteroatoms. The number of aromatic nitrogens is 1. The summed E-state index contributed by atoms with van der Waals surface area (Å²) < 4.78 is 6.62. The van der Waals surface area contributed by atoms with Crippen molar-refractivity contribution in [2.75, 3.05) is 17.3 Å². The Kier molecular flexibility index (Phi) is 6.99. The first kappa shape index (κ1) is 26.4. The second-order valence-electron chi connectivity index (χ2n) is 9.34. The first-order valence-corrected chi connectivity index (χ1v) is 14.5. The predicted octanol–water partition coefficient (Wildman–Crippen LogP) is 5.01. The van der Waals surface area contributed by atoms with Gasteiger partial charge in [-0.3, -0.25) is 23.7 Å². The topological polar surface area (TPSA) is 97.7 Å². The molecule has 0 aliphatic carbocycles. The number of nitrogens with zero attached hydrogens (tertiary/aromatic N) is 2. The predicted molar refractivity (Wildman–Crippen MR) is 156 cm³/mol. The van der Waals surface area contributed by atoms with Crippen molar-refractivity contribution in [2.24, 2.45) is 5.92 Å². The number of fused-ring (bicyclic) bond motifs is 2. The number of para-hydroxylation sites is 1. The van der Waals surface area contributed by atoms with Crippen LogP contribution in [0, 0.1) is 5.92 Å². The van der Waals surface area contributed by atoms with Gasteiger partial charge in [-0.2, -0.15) is 0 Å². The van der Waals surface area contributed by atoms with Crippen molar-refractivity contribution < 1.29 is 19.1 Å². The van der Waals surface area contributed by atoms with Crippen LogP contribution in [0.3, 0.4) is 0 Å². The quantitative estimate of drug-likeness (QED) is 0.317. The largest absolute Gasteiger partial charge is 0.497 e. The fourth-order valence-electron chi connectivity index (χ4n) is 5.14. The lowest BCUT2D eigenvalue weighted by Gasteiger charge is -2.30. The molecule has 3 heterocycles. The van der Waals surface area contributed by atoms with Crippen LogP contribution in [0.5, 0.6) is 5.75 Å². The lowest BCUT2D eigenvalue weighted by atomic mass is 9.83. The molecule has 0 saturated carbocycles. The molecule has 1 aromatic heterocycles. The molecular formula is C29H22ClN3O5S2. The van der Waals surface area contributed by atoms with Crippen molar-refractivity contribution in [2.45, 2.75) is 22.7 Å². The van der Waals surface area contributed by atoms with Gasteiger partial charge in [-0.25, -0.2) is 4.90 Å². The minimum atomic E-state index is -0.778. The van der Waals surface area contributed by atoms with Gasteiger partial charge in [-0.1, -0.05) is 65.0 Å². The molecule has 2 aliphatic rings. The molecule has 3 unspecified atom stereocenters. The standard InChI is InChI=1S/C29H22ClN3O5S2/c1-38-20-13-11-19(12-14-20)33-26(35)23-22(16-7-9-17(30)10-8-16)25-28(39-24(23)27(33)36)32(29(37)40-25)15-21(34)31-18-5-3-2-4-6-18/h2-14,22-24H,15H2,1H3,(H,31,34). The molecule has 1 saturated heterocycles. The Morgan fingerprint density at radius 1 is 0.950 bits per heavy atom. The number of benzene rings is 3. The highest BCUT2D eigenvalue weighted by Crippen LogP contribution is 2.54. The molecule has 0 bridgehead atoms. The van der Waals surface area contributed by atoms with Crippen LogP contribution in [0.15, 0.2) is 88.7 Å². The van der Waals surface area contributed by atoms with E-state index in [-0.39, 0.29) is 29.1 Å². The van der Waals surface area contributed by atoms with Crippen LogP contribution < -0.4 is 19.8 Å². The second-order valence-corrected chi connectivity index (χ2v) is 11.9. The number of nitrogens with one attached hydrogen (secondary N) is 1.